The molecular weight excluding hydrogens is 350 g/mol. The summed E-state index contributed by atoms with van der Waals surface area (Å²) in [5.74, 6) is -1.01. The van der Waals surface area contributed by atoms with E-state index >= 15 is 0 Å². The van der Waals surface area contributed by atoms with Crippen molar-refractivity contribution in [2.24, 2.45) is 0 Å². The zero-order valence-corrected chi connectivity index (χ0v) is 14.8. The van der Waals surface area contributed by atoms with Crippen molar-refractivity contribution in [2.45, 2.75) is 13.3 Å². The molecule has 0 bridgehead atoms. The molecule has 6 nitrogen and oxygen atoms in total. The van der Waals surface area contributed by atoms with Gasteiger partial charge in [-0.1, -0.05) is 30.4 Å². The average Bonchev–Trinajstić information content (AvgIpc) is 3.15. The Morgan fingerprint density at radius 3 is 2.65 bits per heavy atom. The molecule has 7 heteroatoms. The van der Waals surface area contributed by atoms with Gasteiger partial charge in [0.2, 0.25) is 0 Å². The van der Waals surface area contributed by atoms with Gasteiger partial charge in [0.05, 0.1) is 21.3 Å². The van der Waals surface area contributed by atoms with Crippen LogP contribution in [0.15, 0.2) is 42.5 Å². The van der Waals surface area contributed by atoms with Gasteiger partial charge in [-0.15, -0.1) is 0 Å². The smallest absolute Gasteiger partial charge is 0.261 e. The molecule has 2 heterocycles. The number of nitrogens with zero attached hydrogens (tertiary/aromatic N) is 2. The highest BCUT2D eigenvalue weighted by molar-refractivity contribution is 7.22. The van der Waals surface area contributed by atoms with Crippen LogP contribution in [-0.2, 0) is 0 Å². The molecule has 0 fully saturated rings. The van der Waals surface area contributed by atoms with Crippen LogP contribution in [0.25, 0.3) is 10.2 Å². The quantitative estimate of drug-likeness (QED) is 0.717. The predicted octanol–water partition coefficient (Wildman–Crippen LogP) is 3.55. The lowest BCUT2D eigenvalue weighted by molar-refractivity contribution is 0.0654. The number of imide groups is 1. The standard InChI is InChI=1S/C19H15N3O3S/c1-2-9-22-17(24)12-8-7-11(10-13(12)18(22)25)16(23)21-19-20-14-5-3-4-6-15(14)26-19/h3-8,10H,2,9H2,1H3,(H,20,21,23). The maximum Gasteiger partial charge on any atom is 0.261 e. The number of carbonyl (C=O) groups is 3. The first kappa shape index (κ1) is 16.4. The summed E-state index contributed by atoms with van der Waals surface area (Å²) in [5, 5.41) is 3.25. The van der Waals surface area contributed by atoms with Gasteiger partial charge >= 0.3 is 0 Å². The van der Waals surface area contributed by atoms with E-state index in [0.717, 1.165) is 10.2 Å². The molecule has 3 amide bonds. The van der Waals surface area contributed by atoms with E-state index in [-0.39, 0.29) is 23.3 Å². The summed E-state index contributed by atoms with van der Waals surface area (Å²) in [6.45, 7) is 2.28. The number of carbonyl (C=O) groups excluding carboxylic acids is 3. The Labute approximate surface area is 153 Å². The van der Waals surface area contributed by atoms with Crippen LogP contribution in [0.3, 0.4) is 0 Å². The van der Waals surface area contributed by atoms with E-state index in [2.05, 4.69) is 10.3 Å². The summed E-state index contributed by atoms with van der Waals surface area (Å²) in [4.78, 5) is 42.8. The largest absolute Gasteiger partial charge is 0.298 e. The summed E-state index contributed by atoms with van der Waals surface area (Å²) in [6.07, 6.45) is 0.691. The molecule has 130 valence electrons. The first-order chi connectivity index (χ1) is 12.6. The van der Waals surface area contributed by atoms with Crippen molar-refractivity contribution in [3.05, 3.63) is 59.2 Å². The fourth-order valence-corrected chi connectivity index (χ4v) is 3.81. The summed E-state index contributed by atoms with van der Waals surface area (Å²) in [7, 11) is 0. The second kappa shape index (κ2) is 6.34. The Hall–Kier alpha value is -3.06. The van der Waals surface area contributed by atoms with Crippen LogP contribution in [0, 0.1) is 0 Å². The molecule has 0 atom stereocenters. The Morgan fingerprint density at radius 1 is 1.12 bits per heavy atom. The third-order valence-corrected chi connectivity index (χ3v) is 5.15. The Balaban J connectivity index is 1.60. The molecule has 1 aliphatic heterocycles. The zero-order valence-electron chi connectivity index (χ0n) is 14.0. The van der Waals surface area contributed by atoms with Crippen LogP contribution < -0.4 is 5.32 Å². The number of para-hydroxylation sites is 1. The van der Waals surface area contributed by atoms with Gasteiger partial charge < -0.3 is 0 Å². The molecule has 1 aliphatic rings. The molecule has 0 radical (unpaired) electrons. The fraction of sp³-hybridized carbons (Fsp3) is 0.158. The molecule has 4 rings (SSSR count). The van der Waals surface area contributed by atoms with E-state index in [4.69, 9.17) is 0 Å². The first-order valence-corrected chi connectivity index (χ1v) is 9.07. The lowest BCUT2D eigenvalue weighted by Gasteiger charge is -2.11. The van der Waals surface area contributed by atoms with Crippen LogP contribution in [0.1, 0.15) is 44.4 Å². The topological polar surface area (TPSA) is 79.4 Å². The van der Waals surface area contributed by atoms with Gasteiger partial charge in [-0.05, 0) is 36.8 Å². The van der Waals surface area contributed by atoms with Crippen LogP contribution in [0.5, 0.6) is 0 Å². The van der Waals surface area contributed by atoms with Gasteiger partial charge in [0.1, 0.15) is 0 Å². The fourth-order valence-electron chi connectivity index (χ4n) is 2.95. The molecule has 3 aromatic rings. The van der Waals surface area contributed by atoms with Crippen molar-refractivity contribution >= 4 is 44.4 Å². The third-order valence-electron chi connectivity index (χ3n) is 4.19. The number of rotatable bonds is 4. The number of benzene rings is 2. The third kappa shape index (κ3) is 2.66. The average molecular weight is 365 g/mol. The Bertz CT molecular complexity index is 1020. The second-order valence-electron chi connectivity index (χ2n) is 5.96. The molecule has 0 spiro atoms. The van der Waals surface area contributed by atoms with Crippen LogP contribution in [0.4, 0.5) is 5.13 Å². The molecular formula is C19H15N3O3S. The maximum absolute atomic E-state index is 12.5. The Kier molecular flexibility index (Phi) is 4.00. The number of amides is 3. The summed E-state index contributed by atoms with van der Waals surface area (Å²) in [6, 6.07) is 12.2. The van der Waals surface area contributed by atoms with Gasteiger partial charge in [-0.25, -0.2) is 4.98 Å². The van der Waals surface area contributed by atoms with Crippen molar-refractivity contribution in [3.8, 4) is 0 Å². The van der Waals surface area contributed by atoms with E-state index in [1.807, 2.05) is 31.2 Å². The lowest BCUT2D eigenvalue weighted by atomic mass is 10.1. The summed E-state index contributed by atoms with van der Waals surface area (Å²) >= 11 is 1.38. The van der Waals surface area contributed by atoms with E-state index in [1.165, 1.54) is 22.3 Å². The highest BCUT2D eigenvalue weighted by Crippen LogP contribution is 2.27. The zero-order chi connectivity index (χ0) is 18.3. The van der Waals surface area contributed by atoms with E-state index < -0.39 is 0 Å². The van der Waals surface area contributed by atoms with E-state index in [9.17, 15) is 14.4 Å². The molecule has 0 aliphatic carbocycles. The molecule has 2 aromatic carbocycles. The molecule has 0 saturated carbocycles. The molecule has 1 aromatic heterocycles. The molecule has 0 unspecified atom stereocenters. The second-order valence-corrected chi connectivity index (χ2v) is 6.99. The molecule has 0 saturated heterocycles. The van der Waals surface area contributed by atoms with E-state index in [1.54, 1.807) is 12.1 Å². The van der Waals surface area contributed by atoms with Gasteiger partial charge in [0.25, 0.3) is 17.7 Å². The first-order valence-electron chi connectivity index (χ1n) is 8.25. The number of nitrogens with one attached hydrogen (secondary N) is 1. The number of fused-ring (bicyclic) bond motifs is 2. The van der Waals surface area contributed by atoms with Gasteiger partial charge in [-0.3, -0.25) is 24.6 Å². The molecule has 26 heavy (non-hydrogen) atoms. The minimum absolute atomic E-state index is 0.278. The summed E-state index contributed by atoms with van der Waals surface area (Å²) in [5.41, 5.74) is 1.76. The highest BCUT2D eigenvalue weighted by atomic mass is 32.1. The van der Waals surface area contributed by atoms with Crippen molar-refractivity contribution in [1.82, 2.24) is 9.88 Å². The van der Waals surface area contributed by atoms with Crippen molar-refractivity contribution in [3.63, 3.8) is 0 Å². The van der Waals surface area contributed by atoms with Crippen LogP contribution in [-0.4, -0.2) is 34.2 Å². The van der Waals surface area contributed by atoms with Gasteiger partial charge in [-0.2, -0.15) is 0 Å². The van der Waals surface area contributed by atoms with Crippen LogP contribution in [0.2, 0.25) is 0 Å². The van der Waals surface area contributed by atoms with Gasteiger partial charge in [0, 0.05) is 12.1 Å². The van der Waals surface area contributed by atoms with Crippen molar-refractivity contribution < 1.29 is 14.4 Å². The van der Waals surface area contributed by atoms with Crippen molar-refractivity contribution in [2.75, 3.05) is 11.9 Å². The number of thiazole rings is 1. The monoisotopic (exact) mass is 365 g/mol. The normalized spacial score (nSPS) is 13.3. The minimum atomic E-state index is -0.360. The Morgan fingerprint density at radius 2 is 1.88 bits per heavy atom. The highest BCUT2D eigenvalue weighted by Gasteiger charge is 2.35. The van der Waals surface area contributed by atoms with E-state index in [0.29, 0.717) is 29.2 Å². The van der Waals surface area contributed by atoms with Crippen LogP contribution >= 0.6 is 11.3 Å². The number of hydrogen-bond acceptors (Lipinski definition) is 5. The minimum Gasteiger partial charge on any atom is -0.298 e. The SMILES string of the molecule is CCCN1C(=O)c2ccc(C(=O)Nc3nc4ccccc4s3)cc2C1=O. The number of hydrogen-bond donors (Lipinski definition) is 1. The number of anilines is 1. The van der Waals surface area contributed by atoms with Gasteiger partial charge in [0.15, 0.2) is 5.13 Å². The maximum atomic E-state index is 12.5. The lowest BCUT2D eigenvalue weighted by Crippen LogP contribution is -2.30. The summed E-state index contributed by atoms with van der Waals surface area (Å²) < 4.78 is 0.979. The molecule has 1 N–H and O–H groups in total. The van der Waals surface area contributed by atoms with Crippen molar-refractivity contribution in [1.29, 1.82) is 0 Å². The predicted molar refractivity (Wildman–Crippen MR) is 99.7 cm³/mol. The number of aromatic nitrogens is 1.